The minimum absolute atomic E-state index is 0.00712. The van der Waals surface area contributed by atoms with E-state index in [1.807, 2.05) is 36.4 Å². The molecule has 0 spiro atoms. The monoisotopic (exact) mass is 439 g/mol. The van der Waals surface area contributed by atoms with Gasteiger partial charge < -0.3 is 24.6 Å². The number of carboxylic acid groups (broad SMARTS) is 1. The summed E-state index contributed by atoms with van der Waals surface area (Å²) >= 11 is 0. The molecule has 1 aromatic carbocycles. The maximum absolute atomic E-state index is 13.0. The van der Waals surface area contributed by atoms with Crippen LogP contribution >= 0.6 is 0 Å². The first-order valence-electron chi connectivity index (χ1n) is 10.6. The molecule has 2 bridgehead atoms. The minimum atomic E-state index is -1.12. The summed E-state index contributed by atoms with van der Waals surface area (Å²) in [7, 11) is 0. The SMILES string of the molecule is O=C(O)COCC(=O)N1C[C@H]2C[C@H](C1)c1ccc(NC(=O)Cc3ccccc3)c(=O)n1C2. The van der Waals surface area contributed by atoms with E-state index in [-0.39, 0.29) is 47.9 Å². The van der Waals surface area contributed by atoms with E-state index >= 15 is 0 Å². The molecule has 4 rings (SSSR count). The smallest absolute Gasteiger partial charge is 0.329 e. The number of pyridine rings is 1. The van der Waals surface area contributed by atoms with Crippen molar-refractivity contribution in [3.05, 3.63) is 64.1 Å². The lowest BCUT2D eigenvalue weighted by molar-refractivity contribution is -0.146. The number of rotatable bonds is 7. The third kappa shape index (κ3) is 4.88. The maximum atomic E-state index is 13.0. The van der Waals surface area contributed by atoms with Gasteiger partial charge in [-0.15, -0.1) is 0 Å². The number of hydrogen-bond donors (Lipinski definition) is 2. The number of benzene rings is 1. The molecule has 9 heteroatoms. The van der Waals surface area contributed by atoms with Crippen LogP contribution in [0.4, 0.5) is 5.69 Å². The standard InChI is InChI=1S/C23H25N3O6/c27-20(9-15-4-2-1-3-5-15)24-18-6-7-19-17-8-16(11-26(19)23(18)31)10-25(12-17)21(28)13-32-14-22(29)30/h1-7,16-17H,8-14H2,(H,24,27)(H,29,30)/t16-,17-/m1/s1. The number of amides is 2. The molecule has 9 nitrogen and oxygen atoms in total. The van der Waals surface area contributed by atoms with Gasteiger partial charge in [0.2, 0.25) is 11.8 Å². The van der Waals surface area contributed by atoms with E-state index in [9.17, 15) is 19.2 Å². The first-order chi connectivity index (χ1) is 15.4. The molecule has 0 saturated carbocycles. The quantitative estimate of drug-likeness (QED) is 0.667. The summed E-state index contributed by atoms with van der Waals surface area (Å²) < 4.78 is 6.64. The van der Waals surface area contributed by atoms with E-state index in [0.29, 0.717) is 19.6 Å². The topological polar surface area (TPSA) is 118 Å². The lowest BCUT2D eigenvalue weighted by Crippen LogP contribution is -2.50. The van der Waals surface area contributed by atoms with Crippen molar-refractivity contribution in [2.75, 3.05) is 31.6 Å². The number of aromatic nitrogens is 1. The van der Waals surface area contributed by atoms with E-state index < -0.39 is 12.6 Å². The summed E-state index contributed by atoms with van der Waals surface area (Å²) in [6.45, 7) is 0.619. The predicted molar refractivity (Wildman–Crippen MR) is 115 cm³/mol. The normalized spacial score (nSPS) is 19.2. The zero-order chi connectivity index (χ0) is 22.7. The number of carbonyl (C=O) groups is 3. The molecule has 3 heterocycles. The fraction of sp³-hybridized carbons (Fsp3) is 0.391. The highest BCUT2D eigenvalue weighted by atomic mass is 16.5. The second-order valence-corrected chi connectivity index (χ2v) is 8.28. The zero-order valence-corrected chi connectivity index (χ0v) is 17.5. The van der Waals surface area contributed by atoms with Gasteiger partial charge in [-0.05, 0) is 30.0 Å². The number of likely N-dealkylation sites (tertiary alicyclic amines) is 1. The number of hydrogen-bond acceptors (Lipinski definition) is 5. The van der Waals surface area contributed by atoms with Gasteiger partial charge in [0.1, 0.15) is 18.9 Å². The van der Waals surface area contributed by atoms with Crippen LogP contribution in [-0.2, 0) is 32.1 Å². The van der Waals surface area contributed by atoms with Gasteiger partial charge in [-0.3, -0.25) is 14.4 Å². The highest BCUT2D eigenvalue weighted by molar-refractivity contribution is 5.92. The minimum Gasteiger partial charge on any atom is -0.480 e. The van der Waals surface area contributed by atoms with E-state index in [0.717, 1.165) is 17.7 Å². The number of carboxylic acids is 1. The van der Waals surface area contributed by atoms with Crippen LogP contribution in [0.25, 0.3) is 0 Å². The van der Waals surface area contributed by atoms with E-state index in [4.69, 9.17) is 9.84 Å². The molecule has 2 aliphatic heterocycles. The molecule has 2 amide bonds. The lowest BCUT2D eigenvalue weighted by atomic mass is 9.83. The number of fused-ring (bicyclic) bond motifs is 4. The Labute approximate surface area is 184 Å². The van der Waals surface area contributed by atoms with E-state index in [1.54, 1.807) is 15.5 Å². The van der Waals surface area contributed by atoms with Crippen LogP contribution < -0.4 is 10.9 Å². The van der Waals surface area contributed by atoms with Crippen LogP contribution in [0.2, 0.25) is 0 Å². The molecular formula is C23H25N3O6. The number of anilines is 1. The van der Waals surface area contributed by atoms with Crippen LogP contribution in [0.3, 0.4) is 0 Å². The summed E-state index contributed by atoms with van der Waals surface area (Å²) in [6, 6.07) is 12.8. The number of nitrogens with one attached hydrogen (secondary N) is 1. The van der Waals surface area contributed by atoms with Crippen molar-refractivity contribution in [2.24, 2.45) is 5.92 Å². The predicted octanol–water partition coefficient (Wildman–Crippen LogP) is 1.08. The number of nitrogens with zero attached hydrogens (tertiary/aromatic N) is 2. The van der Waals surface area contributed by atoms with Crippen LogP contribution in [0.5, 0.6) is 0 Å². The Morgan fingerprint density at radius 1 is 1.03 bits per heavy atom. The van der Waals surface area contributed by atoms with Gasteiger partial charge in [0.15, 0.2) is 0 Å². The molecule has 1 saturated heterocycles. The third-order valence-electron chi connectivity index (χ3n) is 5.89. The van der Waals surface area contributed by atoms with Gasteiger partial charge in [-0.2, -0.15) is 0 Å². The maximum Gasteiger partial charge on any atom is 0.329 e. The fourth-order valence-electron chi connectivity index (χ4n) is 4.54. The molecule has 0 radical (unpaired) electrons. The summed E-state index contributed by atoms with van der Waals surface area (Å²) in [6.07, 6.45) is 1.06. The van der Waals surface area contributed by atoms with Crippen molar-refractivity contribution in [2.45, 2.75) is 25.3 Å². The van der Waals surface area contributed by atoms with Crippen molar-refractivity contribution in [3.8, 4) is 0 Å². The molecule has 0 unspecified atom stereocenters. The summed E-state index contributed by atoms with van der Waals surface area (Å²) in [5.74, 6) is -1.50. The average molecular weight is 439 g/mol. The van der Waals surface area contributed by atoms with Crippen LogP contribution in [-0.4, -0.2) is 58.7 Å². The Morgan fingerprint density at radius 3 is 2.56 bits per heavy atom. The van der Waals surface area contributed by atoms with Gasteiger partial charge in [0.25, 0.3) is 5.56 Å². The largest absolute Gasteiger partial charge is 0.480 e. The number of piperidine rings is 1. The molecular weight excluding hydrogens is 414 g/mol. The molecule has 1 fully saturated rings. The number of aliphatic carboxylic acids is 1. The highest BCUT2D eigenvalue weighted by Gasteiger charge is 2.36. The van der Waals surface area contributed by atoms with Crippen LogP contribution in [0.15, 0.2) is 47.3 Å². The van der Waals surface area contributed by atoms with Crippen molar-refractivity contribution >= 4 is 23.5 Å². The molecule has 32 heavy (non-hydrogen) atoms. The fourth-order valence-corrected chi connectivity index (χ4v) is 4.54. The van der Waals surface area contributed by atoms with Crippen LogP contribution in [0, 0.1) is 5.92 Å². The van der Waals surface area contributed by atoms with Gasteiger partial charge >= 0.3 is 5.97 Å². The molecule has 2 atom stereocenters. The Kier molecular flexibility index (Phi) is 6.36. The van der Waals surface area contributed by atoms with Gasteiger partial charge in [0.05, 0.1) is 6.42 Å². The van der Waals surface area contributed by atoms with Crippen molar-refractivity contribution < 1.29 is 24.2 Å². The molecule has 0 aliphatic carbocycles. The van der Waals surface area contributed by atoms with Gasteiger partial charge in [-0.1, -0.05) is 30.3 Å². The molecule has 168 valence electrons. The lowest BCUT2D eigenvalue weighted by Gasteiger charge is -2.42. The first kappa shape index (κ1) is 21.8. The van der Waals surface area contributed by atoms with Gasteiger partial charge in [-0.25, -0.2) is 4.79 Å². The second kappa shape index (κ2) is 9.35. The van der Waals surface area contributed by atoms with Crippen LogP contribution in [0.1, 0.15) is 23.6 Å². The Bertz CT molecular complexity index is 1080. The number of ether oxygens (including phenoxy) is 1. The van der Waals surface area contributed by atoms with Crippen molar-refractivity contribution in [1.82, 2.24) is 9.47 Å². The number of carbonyl (C=O) groups excluding carboxylic acids is 2. The molecule has 1 aromatic heterocycles. The Balaban J connectivity index is 1.44. The van der Waals surface area contributed by atoms with E-state index in [2.05, 4.69) is 5.32 Å². The highest BCUT2D eigenvalue weighted by Crippen LogP contribution is 2.35. The van der Waals surface area contributed by atoms with Gasteiger partial charge in [0, 0.05) is 31.2 Å². The van der Waals surface area contributed by atoms with Crippen molar-refractivity contribution in [1.29, 1.82) is 0 Å². The Hall–Kier alpha value is -3.46. The summed E-state index contributed by atoms with van der Waals surface area (Å²) in [5.41, 5.74) is 1.73. The second-order valence-electron chi connectivity index (χ2n) is 8.28. The first-order valence-corrected chi connectivity index (χ1v) is 10.6. The summed E-state index contributed by atoms with van der Waals surface area (Å²) in [5, 5.41) is 11.4. The Morgan fingerprint density at radius 2 is 1.81 bits per heavy atom. The average Bonchev–Trinajstić information content (AvgIpc) is 2.76. The summed E-state index contributed by atoms with van der Waals surface area (Å²) in [4.78, 5) is 50.1. The van der Waals surface area contributed by atoms with Crippen molar-refractivity contribution in [3.63, 3.8) is 0 Å². The molecule has 2 N–H and O–H groups in total. The molecule has 2 aromatic rings. The van der Waals surface area contributed by atoms with E-state index in [1.165, 1.54) is 0 Å². The molecule has 2 aliphatic rings. The zero-order valence-electron chi connectivity index (χ0n) is 17.5. The third-order valence-corrected chi connectivity index (χ3v) is 5.89.